The van der Waals surface area contributed by atoms with Gasteiger partial charge in [-0.15, -0.1) is 0 Å². The van der Waals surface area contributed by atoms with E-state index in [0.717, 1.165) is 4.90 Å². The maximum absolute atomic E-state index is 12.3. The van der Waals surface area contributed by atoms with Gasteiger partial charge in [-0.2, -0.15) is 12.6 Å². The summed E-state index contributed by atoms with van der Waals surface area (Å²) in [5, 5.41) is 17.8. The van der Waals surface area contributed by atoms with Gasteiger partial charge in [-0.05, 0) is 37.5 Å². The van der Waals surface area contributed by atoms with Crippen molar-refractivity contribution in [2.45, 2.75) is 64.7 Å². The molecule has 0 bridgehead atoms. The fraction of sp³-hybridized carbons (Fsp3) is 0.480. The summed E-state index contributed by atoms with van der Waals surface area (Å²) < 4.78 is 0. The monoisotopic (exact) mass is 554 g/mol. The third kappa shape index (κ3) is 11.3. The van der Waals surface area contributed by atoms with Crippen molar-refractivity contribution >= 4 is 59.5 Å². The molecule has 0 radical (unpaired) electrons. The Bertz CT molecular complexity index is 999. The van der Waals surface area contributed by atoms with Crippen molar-refractivity contribution in [1.82, 2.24) is 15.5 Å². The first-order valence-corrected chi connectivity index (χ1v) is 13.1. The first-order chi connectivity index (χ1) is 17.5. The number of thiol groups is 1. The predicted molar refractivity (Wildman–Crippen MR) is 145 cm³/mol. The Hall–Kier alpha value is -3.05. The number of anilines is 1. The summed E-state index contributed by atoms with van der Waals surface area (Å²) in [4.78, 5) is 60.3. The third-order valence-corrected chi connectivity index (χ3v) is 5.69. The zero-order chi connectivity index (χ0) is 28.0. The van der Waals surface area contributed by atoms with Crippen LogP contribution in [0.3, 0.4) is 0 Å². The second-order valence-electron chi connectivity index (χ2n) is 8.35. The second-order valence-corrected chi connectivity index (χ2v) is 9.08. The number of aromatic hydroxyl groups is 1. The Balaban J connectivity index is 0.00000217. The Morgan fingerprint density at radius 2 is 1.68 bits per heavy atom. The van der Waals surface area contributed by atoms with E-state index in [1.807, 2.05) is 0 Å². The normalized spacial score (nSPS) is 13.1. The molecule has 1 atom stereocenters. The molecule has 0 spiro atoms. The van der Waals surface area contributed by atoms with Gasteiger partial charge in [0, 0.05) is 35.9 Å². The Kier molecular flexibility index (Phi) is 14.4. The lowest BCUT2D eigenvalue weighted by Crippen LogP contribution is -2.45. The number of hydrogen-bond acceptors (Lipinski definition) is 7. The van der Waals surface area contributed by atoms with E-state index in [-0.39, 0.29) is 42.1 Å². The van der Waals surface area contributed by atoms with Crippen LogP contribution in [-0.2, 0) is 29.7 Å². The topological polar surface area (TPSA) is 145 Å². The van der Waals surface area contributed by atoms with E-state index in [1.165, 1.54) is 37.6 Å². The lowest BCUT2D eigenvalue weighted by atomic mass is 10.2. The molecule has 4 N–H and O–H groups in total. The Labute approximate surface area is 227 Å². The van der Waals surface area contributed by atoms with Gasteiger partial charge in [0.15, 0.2) is 0 Å². The van der Waals surface area contributed by atoms with Gasteiger partial charge in [0.25, 0.3) is 11.8 Å². The molecule has 0 saturated carbocycles. The molecule has 1 heterocycles. The summed E-state index contributed by atoms with van der Waals surface area (Å²) >= 11 is 10.2. The van der Waals surface area contributed by atoms with Crippen molar-refractivity contribution in [3.05, 3.63) is 34.9 Å². The minimum absolute atomic E-state index is 0.102. The molecule has 1 aromatic rings. The maximum Gasteiger partial charge on any atom is 0.253 e. The molecule has 5 amide bonds. The van der Waals surface area contributed by atoms with E-state index >= 15 is 0 Å². The van der Waals surface area contributed by atoms with Gasteiger partial charge in [-0.3, -0.25) is 28.9 Å². The van der Waals surface area contributed by atoms with E-state index in [1.54, 1.807) is 0 Å². The van der Waals surface area contributed by atoms with Crippen LogP contribution >= 0.6 is 24.2 Å². The molecule has 12 heteroatoms. The Morgan fingerprint density at radius 3 is 2.27 bits per heavy atom. The van der Waals surface area contributed by atoms with Crippen LogP contribution in [0.5, 0.6) is 5.75 Å². The zero-order valence-corrected chi connectivity index (χ0v) is 23.0. The van der Waals surface area contributed by atoms with Crippen molar-refractivity contribution in [3.63, 3.8) is 0 Å². The number of halogens is 1. The predicted octanol–water partition coefficient (Wildman–Crippen LogP) is 2.94. The zero-order valence-electron chi connectivity index (χ0n) is 21.3. The molecule has 10 nitrogen and oxygen atoms in total. The van der Waals surface area contributed by atoms with Gasteiger partial charge in [-0.25, -0.2) is 0 Å². The number of benzene rings is 1. The minimum Gasteiger partial charge on any atom is -0.506 e. The van der Waals surface area contributed by atoms with Crippen molar-refractivity contribution < 1.29 is 29.1 Å². The van der Waals surface area contributed by atoms with E-state index in [2.05, 4.69) is 42.4 Å². The molecule has 1 unspecified atom stereocenters. The van der Waals surface area contributed by atoms with E-state index in [0.29, 0.717) is 42.1 Å². The number of nitrogens with one attached hydrogen (secondary N) is 3. The van der Waals surface area contributed by atoms with E-state index < -0.39 is 17.9 Å². The number of carbonyl (C=O) groups is 5. The molecule has 204 valence electrons. The number of phenolic OH excluding ortho intramolecular Hbond substituents is 1. The van der Waals surface area contributed by atoms with Gasteiger partial charge in [0.2, 0.25) is 17.7 Å². The number of nitrogens with zero attached hydrogens (tertiary/aromatic N) is 1. The smallest absolute Gasteiger partial charge is 0.253 e. The van der Waals surface area contributed by atoms with Crippen LogP contribution in [0.1, 0.15) is 58.4 Å². The molecule has 1 aromatic carbocycles. The number of amides is 5. The summed E-state index contributed by atoms with van der Waals surface area (Å²) in [6.45, 7) is 5.71. The highest BCUT2D eigenvalue weighted by molar-refractivity contribution is 7.79. The number of imide groups is 1. The third-order valence-electron chi connectivity index (χ3n) is 5.00. The number of carbonyl (C=O) groups excluding carboxylic acids is 5. The highest BCUT2D eigenvalue weighted by atomic mass is 35.5. The minimum atomic E-state index is -0.933. The molecule has 0 aliphatic carbocycles. The fourth-order valence-electron chi connectivity index (χ4n) is 3.08. The van der Waals surface area contributed by atoms with Crippen LogP contribution < -0.4 is 16.0 Å². The van der Waals surface area contributed by atoms with Crippen LogP contribution in [0.25, 0.3) is 0 Å². The number of hydrogen-bond donors (Lipinski definition) is 5. The van der Waals surface area contributed by atoms with Gasteiger partial charge >= 0.3 is 0 Å². The standard InChI is InChI=1S/C22H27ClN4O6S.C3H8/c1-13(22(33)26-16-10-15(23)14(12-34)9-17(16)28)25-19(30)11-24-18(29)5-3-2-4-8-27-20(31)6-7-21(27)32;1-3-2/h6-7,9-10,13,28,34H,2-5,8,11-12H2,1H3,(H,24,29)(H,25,30)(H,26,33);3H2,1-2H3. The van der Waals surface area contributed by atoms with E-state index in [9.17, 15) is 29.1 Å². The van der Waals surface area contributed by atoms with E-state index in [4.69, 9.17) is 11.6 Å². The molecular formula is C25H35ClN4O6S. The van der Waals surface area contributed by atoms with Crippen molar-refractivity contribution in [3.8, 4) is 5.75 Å². The summed E-state index contributed by atoms with van der Waals surface area (Å²) in [5.74, 6) is -1.98. The average molecular weight is 555 g/mol. The molecule has 1 aliphatic rings. The molecule has 0 fully saturated rings. The molecule has 2 rings (SSSR count). The largest absolute Gasteiger partial charge is 0.506 e. The van der Waals surface area contributed by atoms with Gasteiger partial charge < -0.3 is 21.1 Å². The molecule has 37 heavy (non-hydrogen) atoms. The molecule has 0 aromatic heterocycles. The maximum atomic E-state index is 12.3. The van der Waals surface area contributed by atoms with Crippen LogP contribution in [0, 0.1) is 0 Å². The first-order valence-electron chi connectivity index (χ1n) is 12.1. The lowest BCUT2D eigenvalue weighted by Gasteiger charge is -2.16. The summed E-state index contributed by atoms with van der Waals surface area (Å²) in [6.07, 6.45) is 5.65. The fourth-order valence-corrected chi connectivity index (χ4v) is 3.66. The van der Waals surface area contributed by atoms with Crippen LogP contribution in [0.15, 0.2) is 24.3 Å². The Morgan fingerprint density at radius 1 is 1.05 bits per heavy atom. The molecule has 1 aliphatic heterocycles. The highest BCUT2D eigenvalue weighted by Gasteiger charge is 2.22. The summed E-state index contributed by atoms with van der Waals surface area (Å²) in [5.41, 5.74) is 0.705. The van der Waals surface area contributed by atoms with Gasteiger partial charge in [0.05, 0.1) is 12.2 Å². The van der Waals surface area contributed by atoms with Crippen molar-refractivity contribution in [2.24, 2.45) is 0 Å². The van der Waals surface area contributed by atoms with Crippen molar-refractivity contribution in [1.29, 1.82) is 0 Å². The van der Waals surface area contributed by atoms with Crippen LogP contribution in [0.4, 0.5) is 5.69 Å². The second kappa shape index (κ2) is 16.6. The first kappa shape index (κ1) is 32.0. The highest BCUT2D eigenvalue weighted by Crippen LogP contribution is 2.31. The summed E-state index contributed by atoms with van der Waals surface area (Å²) in [7, 11) is 0. The average Bonchev–Trinajstić information content (AvgIpc) is 3.17. The number of phenols is 1. The molecular weight excluding hydrogens is 520 g/mol. The lowest BCUT2D eigenvalue weighted by molar-refractivity contribution is -0.137. The van der Waals surface area contributed by atoms with Crippen LogP contribution in [0.2, 0.25) is 5.02 Å². The van der Waals surface area contributed by atoms with Gasteiger partial charge in [-0.1, -0.05) is 38.3 Å². The summed E-state index contributed by atoms with van der Waals surface area (Å²) in [6, 6.07) is 1.86. The SMILES string of the molecule is CC(NC(=O)CNC(=O)CCCCCN1C(=O)C=CC1=O)C(=O)Nc1cc(Cl)c(CS)cc1O.CCC. The molecule has 0 saturated heterocycles. The van der Waals surface area contributed by atoms with Gasteiger partial charge in [0.1, 0.15) is 11.8 Å². The van der Waals surface area contributed by atoms with Crippen LogP contribution in [-0.4, -0.2) is 58.7 Å². The quantitative estimate of drug-likeness (QED) is 0.116. The van der Waals surface area contributed by atoms with Crippen molar-refractivity contribution in [2.75, 3.05) is 18.4 Å². The number of rotatable bonds is 12. The number of unbranched alkanes of at least 4 members (excludes halogenated alkanes) is 2.